The maximum absolute atomic E-state index is 4.56. The van der Waals surface area contributed by atoms with Crippen LogP contribution in [-0.2, 0) is 0 Å². The Morgan fingerprint density at radius 3 is 2.75 bits per heavy atom. The molecule has 0 fully saturated rings. The summed E-state index contributed by atoms with van der Waals surface area (Å²) in [7, 11) is 0. The lowest BCUT2D eigenvalue weighted by Crippen LogP contribution is -2.00. The predicted molar refractivity (Wildman–Crippen MR) is 93.3 cm³/mol. The van der Waals surface area contributed by atoms with Crippen LogP contribution in [0.5, 0.6) is 0 Å². The molecule has 1 aromatic carbocycles. The van der Waals surface area contributed by atoms with Gasteiger partial charge >= 0.3 is 0 Å². The first-order valence-electron chi connectivity index (χ1n) is 7.52. The van der Waals surface area contributed by atoms with E-state index in [0.29, 0.717) is 0 Å². The number of nitrogens with one attached hydrogen (secondary N) is 1. The summed E-state index contributed by atoms with van der Waals surface area (Å²) < 4.78 is 2.43. The minimum atomic E-state index is 1.08. The Morgan fingerprint density at radius 2 is 1.95 bits per heavy atom. The Kier molecular flexibility index (Phi) is 6.67. The summed E-state index contributed by atoms with van der Waals surface area (Å²) in [6, 6.07) is 6.49. The molecule has 0 radical (unpaired) electrons. The zero-order chi connectivity index (χ0) is 14.2. The van der Waals surface area contributed by atoms with Crippen LogP contribution >= 0.6 is 23.1 Å². The summed E-state index contributed by atoms with van der Waals surface area (Å²) in [6.45, 7) is 3.34. The number of rotatable bonds is 9. The van der Waals surface area contributed by atoms with Crippen molar-refractivity contribution in [3.8, 4) is 0 Å². The third kappa shape index (κ3) is 4.67. The summed E-state index contributed by atoms with van der Waals surface area (Å²) >= 11 is 3.49. The van der Waals surface area contributed by atoms with Gasteiger partial charge in [-0.15, -0.1) is 11.3 Å². The van der Waals surface area contributed by atoms with Crippen molar-refractivity contribution in [2.45, 2.75) is 49.8 Å². The molecule has 0 spiro atoms. The molecular formula is C16H24N2S2. The Labute approximate surface area is 130 Å². The van der Waals surface area contributed by atoms with Gasteiger partial charge in [-0.05, 0) is 30.9 Å². The number of thiazole rings is 1. The molecule has 1 aromatic heterocycles. The lowest BCUT2D eigenvalue weighted by molar-refractivity contribution is 0.617. The minimum Gasteiger partial charge on any atom is -0.385 e. The fourth-order valence-corrected chi connectivity index (χ4v) is 3.77. The van der Waals surface area contributed by atoms with Crippen LogP contribution < -0.4 is 5.32 Å². The molecule has 0 saturated carbocycles. The van der Waals surface area contributed by atoms with E-state index in [4.69, 9.17) is 0 Å². The van der Waals surface area contributed by atoms with Gasteiger partial charge in [0.15, 0.2) is 4.34 Å². The molecule has 1 N–H and O–H groups in total. The van der Waals surface area contributed by atoms with E-state index in [1.165, 1.54) is 48.9 Å². The first-order valence-corrected chi connectivity index (χ1v) is 9.56. The normalized spacial score (nSPS) is 11.1. The molecule has 0 atom stereocenters. The fraction of sp³-hybridized carbons (Fsp3) is 0.562. The number of hydrogen-bond acceptors (Lipinski definition) is 4. The van der Waals surface area contributed by atoms with E-state index in [0.717, 1.165) is 16.4 Å². The molecule has 4 heteroatoms. The van der Waals surface area contributed by atoms with Gasteiger partial charge in [0.05, 0.1) is 10.2 Å². The van der Waals surface area contributed by atoms with Gasteiger partial charge in [0, 0.05) is 12.2 Å². The van der Waals surface area contributed by atoms with E-state index < -0.39 is 0 Å². The maximum Gasteiger partial charge on any atom is 0.150 e. The van der Waals surface area contributed by atoms with Crippen molar-refractivity contribution in [1.82, 2.24) is 4.98 Å². The van der Waals surface area contributed by atoms with E-state index in [-0.39, 0.29) is 0 Å². The molecular weight excluding hydrogens is 284 g/mol. The standard InChI is InChI=1S/C16H24N2S2/c1-3-4-5-6-7-8-11-17-13-9-10-14-15(12-13)20-16(18-14)19-2/h9-10,12,17H,3-8,11H2,1-2H3. The Bertz CT molecular complexity index is 522. The highest BCUT2D eigenvalue weighted by Crippen LogP contribution is 2.29. The second kappa shape index (κ2) is 8.53. The molecule has 2 rings (SSSR count). The maximum atomic E-state index is 4.56. The van der Waals surface area contributed by atoms with Crippen molar-refractivity contribution < 1.29 is 0 Å². The second-order valence-corrected chi connectivity index (χ2v) is 7.14. The highest BCUT2D eigenvalue weighted by Gasteiger charge is 2.03. The number of anilines is 1. The van der Waals surface area contributed by atoms with Crippen molar-refractivity contribution in [2.75, 3.05) is 18.1 Å². The molecule has 1 heterocycles. The van der Waals surface area contributed by atoms with E-state index >= 15 is 0 Å². The van der Waals surface area contributed by atoms with Gasteiger partial charge in [-0.25, -0.2) is 4.98 Å². The topological polar surface area (TPSA) is 24.9 Å². The number of benzene rings is 1. The van der Waals surface area contributed by atoms with Crippen LogP contribution in [0.4, 0.5) is 5.69 Å². The Hall–Kier alpha value is -0.740. The van der Waals surface area contributed by atoms with E-state index in [2.05, 4.69) is 41.7 Å². The highest BCUT2D eigenvalue weighted by atomic mass is 32.2. The van der Waals surface area contributed by atoms with E-state index in [9.17, 15) is 0 Å². The number of thioether (sulfide) groups is 1. The molecule has 0 amide bonds. The van der Waals surface area contributed by atoms with Crippen molar-refractivity contribution in [3.05, 3.63) is 18.2 Å². The molecule has 20 heavy (non-hydrogen) atoms. The highest BCUT2D eigenvalue weighted by molar-refractivity contribution is 8.00. The number of unbranched alkanes of at least 4 members (excludes halogenated alkanes) is 5. The van der Waals surface area contributed by atoms with Crippen LogP contribution in [0.3, 0.4) is 0 Å². The number of nitrogens with zero attached hydrogens (tertiary/aromatic N) is 1. The van der Waals surface area contributed by atoms with Crippen molar-refractivity contribution in [1.29, 1.82) is 0 Å². The molecule has 0 unspecified atom stereocenters. The van der Waals surface area contributed by atoms with Crippen LogP contribution in [0, 0.1) is 0 Å². The number of fused-ring (bicyclic) bond motifs is 1. The zero-order valence-corrected chi connectivity index (χ0v) is 14.1. The number of hydrogen-bond donors (Lipinski definition) is 1. The average molecular weight is 309 g/mol. The summed E-state index contributed by atoms with van der Waals surface area (Å²) in [5.74, 6) is 0. The first-order chi connectivity index (χ1) is 9.83. The largest absolute Gasteiger partial charge is 0.385 e. The van der Waals surface area contributed by atoms with Crippen LogP contribution in [0.1, 0.15) is 45.4 Å². The summed E-state index contributed by atoms with van der Waals surface area (Å²) in [5, 5.41) is 3.53. The quantitative estimate of drug-likeness (QED) is 0.469. The van der Waals surface area contributed by atoms with E-state index in [1.54, 1.807) is 23.1 Å². The van der Waals surface area contributed by atoms with Crippen LogP contribution in [-0.4, -0.2) is 17.8 Å². The van der Waals surface area contributed by atoms with Gasteiger partial charge in [-0.2, -0.15) is 0 Å². The monoisotopic (exact) mass is 308 g/mol. The summed E-state index contributed by atoms with van der Waals surface area (Å²) in [4.78, 5) is 4.56. The minimum absolute atomic E-state index is 1.08. The third-order valence-corrected chi connectivity index (χ3v) is 5.41. The van der Waals surface area contributed by atoms with Crippen molar-refractivity contribution in [2.24, 2.45) is 0 Å². The summed E-state index contributed by atoms with van der Waals surface area (Å²) in [5.41, 5.74) is 2.34. The van der Waals surface area contributed by atoms with Gasteiger partial charge in [0.1, 0.15) is 0 Å². The van der Waals surface area contributed by atoms with E-state index in [1.807, 2.05) is 0 Å². The molecule has 0 aliphatic rings. The molecule has 2 nitrogen and oxygen atoms in total. The average Bonchev–Trinajstić information content (AvgIpc) is 2.88. The SMILES string of the molecule is CCCCCCCCNc1ccc2nc(SC)sc2c1. The molecule has 2 aromatic rings. The van der Waals surface area contributed by atoms with Gasteiger partial charge in [-0.1, -0.05) is 50.8 Å². The van der Waals surface area contributed by atoms with Crippen LogP contribution in [0.25, 0.3) is 10.2 Å². The lowest BCUT2D eigenvalue weighted by Gasteiger charge is -2.06. The van der Waals surface area contributed by atoms with Crippen molar-refractivity contribution in [3.63, 3.8) is 0 Å². The van der Waals surface area contributed by atoms with Gasteiger partial charge in [-0.3, -0.25) is 0 Å². The van der Waals surface area contributed by atoms with Gasteiger partial charge in [0.25, 0.3) is 0 Å². The first kappa shape index (κ1) is 15.6. The smallest absolute Gasteiger partial charge is 0.150 e. The zero-order valence-electron chi connectivity index (χ0n) is 12.4. The Morgan fingerprint density at radius 1 is 1.15 bits per heavy atom. The van der Waals surface area contributed by atoms with Crippen LogP contribution in [0.2, 0.25) is 0 Å². The lowest BCUT2D eigenvalue weighted by atomic mass is 10.1. The molecule has 0 saturated heterocycles. The predicted octanol–water partition coefficient (Wildman–Crippen LogP) is 5.79. The molecule has 0 bridgehead atoms. The Balaban J connectivity index is 1.75. The molecule has 110 valence electrons. The number of aromatic nitrogens is 1. The second-order valence-electron chi connectivity index (χ2n) is 5.06. The fourth-order valence-electron chi connectivity index (χ4n) is 2.24. The van der Waals surface area contributed by atoms with Gasteiger partial charge < -0.3 is 5.32 Å². The third-order valence-electron chi connectivity index (χ3n) is 3.40. The van der Waals surface area contributed by atoms with Crippen molar-refractivity contribution >= 4 is 39.0 Å². The van der Waals surface area contributed by atoms with Gasteiger partial charge in [0.2, 0.25) is 0 Å². The molecule has 0 aliphatic heterocycles. The van der Waals surface area contributed by atoms with Crippen LogP contribution in [0.15, 0.2) is 22.5 Å². The molecule has 0 aliphatic carbocycles. The summed E-state index contributed by atoms with van der Waals surface area (Å²) in [6.07, 6.45) is 10.2.